The van der Waals surface area contributed by atoms with Gasteiger partial charge in [0, 0.05) is 13.6 Å². The molecule has 0 unspecified atom stereocenters. The molecule has 2 heterocycles. The first-order valence-corrected chi connectivity index (χ1v) is 7.42. The lowest BCUT2D eigenvalue weighted by molar-refractivity contribution is 0.601. The summed E-state index contributed by atoms with van der Waals surface area (Å²) in [5.74, 6) is 0.257. The minimum atomic E-state index is -0.195. The number of rotatable bonds is 5. The predicted molar refractivity (Wildman–Crippen MR) is 79.0 cm³/mol. The summed E-state index contributed by atoms with van der Waals surface area (Å²) in [5, 5.41) is 12.4. The summed E-state index contributed by atoms with van der Waals surface area (Å²) < 4.78 is 3.36. The van der Waals surface area contributed by atoms with E-state index in [1.807, 2.05) is 14.0 Å². The number of H-pyrrole nitrogens is 1. The number of nitrogens with two attached hydrogens (primary N) is 1. The monoisotopic (exact) mass is 296 g/mol. The van der Waals surface area contributed by atoms with E-state index in [4.69, 9.17) is 5.73 Å². The topological polar surface area (TPSA) is 94.5 Å². The third-order valence-corrected chi connectivity index (χ3v) is 4.14. The Bertz CT molecular complexity index is 653. The van der Waals surface area contributed by atoms with Crippen molar-refractivity contribution in [3.63, 3.8) is 0 Å². The van der Waals surface area contributed by atoms with Crippen LogP contribution in [0.4, 0.5) is 5.69 Å². The van der Waals surface area contributed by atoms with Crippen molar-refractivity contribution in [1.29, 1.82) is 0 Å². The van der Waals surface area contributed by atoms with Crippen molar-refractivity contribution in [3.05, 3.63) is 16.2 Å². The molecule has 0 aliphatic rings. The van der Waals surface area contributed by atoms with Gasteiger partial charge >= 0.3 is 5.69 Å². The predicted octanol–water partition coefficient (Wildman–Crippen LogP) is 1.57. The average molecular weight is 296 g/mol. The first-order chi connectivity index (χ1) is 9.45. The second-order valence-electron chi connectivity index (χ2n) is 4.95. The fourth-order valence-corrected chi connectivity index (χ4v) is 2.92. The summed E-state index contributed by atoms with van der Waals surface area (Å²) in [6.07, 6.45) is 0.866. The molecule has 110 valence electrons. The van der Waals surface area contributed by atoms with Gasteiger partial charge < -0.3 is 5.73 Å². The molecule has 3 N–H and O–H groups in total. The lowest BCUT2D eigenvalue weighted by atomic mass is 10.1. The largest absolute Gasteiger partial charge is 0.395 e. The standard InChI is InChI=1S/C12H20N6OS/c1-5-6-18-11(19)14-15-12(18)20-10-8(13)9(7(2)3)16-17(10)4/h7H,5-6,13H2,1-4H3,(H,14,19). The number of aryl methyl sites for hydroxylation is 1. The summed E-state index contributed by atoms with van der Waals surface area (Å²) in [6.45, 7) is 6.75. The minimum absolute atomic E-state index is 0.195. The Balaban J connectivity index is 2.38. The lowest BCUT2D eigenvalue weighted by Gasteiger charge is -2.05. The molecule has 0 fully saturated rings. The lowest BCUT2D eigenvalue weighted by Crippen LogP contribution is -2.17. The van der Waals surface area contributed by atoms with E-state index in [0.717, 1.165) is 17.1 Å². The first-order valence-electron chi connectivity index (χ1n) is 6.61. The number of hydrogen-bond acceptors (Lipinski definition) is 5. The van der Waals surface area contributed by atoms with Crippen LogP contribution in [0.3, 0.4) is 0 Å². The molecule has 2 aromatic rings. The zero-order valence-corrected chi connectivity index (χ0v) is 13.0. The van der Waals surface area contributed by atoms with Crippen molar-refractivity contribution in [3.8, 4) is 0 Å². The Morgan fingerprint density at radius 2 is 2.15 bits per heavy atom. The highest BCUT2D eigenvalue weighted by Crippen LogP contribution is 2.34. The Morgan fingerprint density at radius 1 is 1.45 bits per heavy atom. The molecular formula is C12H20N6OS. The molecule has 8 heteroatoms. The smallest absolute Gasteiger partial charge is 0.343 e. The molecule has 0 aromatic carbocycles. The van der Waals surface area contributed by atoms with Crippen molar-refractivity contribution in [2.45, 2.75) is 49.8 Å². The highest BCUT2D eigenvalue weighted by Gasteiger charge is 2.19. The molecule has 0 radical (unpaired) electrons. The average Bonchev–Trinajstić information content (AvgIpc) is 2.87. The fraction of sp³-hybridized carbons (Fsp3) is 0.583. The van der Waals surface area contributed by atoms with Crippen molar-refractivity contribution in [2.24, 2.45) is 7.05 Å². The molecule has 0 saturated carbocycles. The number of nitrogens with zero attached hydrogens (tertiary/aromatic N) is 4. The van der Waals surface area contributed by atoms with Crippen LogP contribution >= 0.6 is 11.8 Å². The van der Waals surface area contributed by atoms with E-state index >= 15 is 0 Å². The van der Waals surface area contributed by atoms with E-state index in [1.165, 1.54) is 11.8 Å². The van der Waals surface area contributed by atoms with Crippen LogP contribution in [0.15, 0.2) is 15.0 Å². The number of nitrogens with one attached hydrogen (secondary N) is 1. The molecule has 0 bridgehead atoms. The molecule has 0 atom stereocenters. The van der Waals surface area contributed by atoms with Gasteiger partial charge in [0.05, 0.1) is 11.4 Å². The number of aromatic amines is 1. The third kappa shape index (κ3) is 2.60. The summed E-state index contributed by atoms with van der Waals surface area (Å²) in [5.41, 5.74) is 7.49. The summed E-state index contributed by atoms with van der Waals surface area (Å²) in [7, 11) is 1.85. The molecule has 0 spiro atoms. The van der Waals surface area contributed by atoms with Gasteiger partial charge in [-0.2, -0.15) is 5.10 Å². The number of anilines is 1. The van der Waals surface area contributed by atoms with Gasteiger partial charge in [-0.1, -0.05) is 20.8 Å². The maximum absolute atomic E-state index is 11.7. The van der Waals surface area contributed by atoms with E-state index in [1.54, 1.807) is 9.25 Å². The number of nitrogen functional groups attached to an aromatic ring is 1. The van der Waals surface area contributed by atoms with Crippen molar-refractivity contribution in [2.75, 3.05) is 5.73 Å². The van der Waals surface area contributed by atoms with Crippen LogP contribution in [0.5, 0.6) is 0 Å². The maximum atomic E-state index is 11.7. The van der Waals surface area contributed by atoms with Gasteiger partial charge in [0.2, 0.25) is 0 Å². The second kappa shape index (κ2) is 5.74. The van der Waals surface area contributed by atoms with Gasteiger partial charge in [0.25, 0.3) is 0 Å². The second-order valence-corrected chi connectivity index (χ2v) is 5.90. The third-order valence-electron chi connectivity index (χ3n) is 2.96. The van der Waals surface area contributed by atoms with E-state index in [0.29, 0.717) is 17.4 Å². The zero-order chi connectivity index (χ0) is 14.9. The molecule has 20 heavy (non-hydrogen) atoms. The van der Waals surface area contributed by atoms with Crippen molar-refractivity contribution in [1.82, 2.24) is 24.5 Å². The Kier molecular flexibility index (Phi) is 4.22. The van der Waals surface area contributed by atoms with Crippen LogP contribution in [-0.2, 0) is 13.6 Å². The SMILES string of the molecule is CCCn1c(Sc2c(N)c(C(C)C)nn2C)n[nH]c1=O. The van der Waals surface area contributed by atoms with Gasteiger partial charge in [-0.15, -0.1) is 5.10 Å². The van der Waals surface area contributed by atoms with Crippen LogP contribution in [-0.4, -0.2) is 24.5 Å². The van der Waals surface area contributed by atoms with Crippen LogP contribution in [0, 0.1) is 0 Å². The first kappa shape index (κ1) is 14.7. The van der Waals surface area contributed by atoms with E-state index in [-0.39, 0.29) is 11.6 Å². The zero-order valence-electron chi connectivity index (χ0n) is 12.2. The molecule has 0 aliphatic carbocycles. The quantitative estimate of drug-likeness (QED) is 0.873. The van der Waals surface area contributed by atoms with Gasteiger partial charge in [-0.25, -0.2) is 9.89 Å². The summed E-state index contributed by atoms with van der Waals surface area (Å²) >= 11 is 1.36. The van der Waals surface area contributed by atoms with Gasteiger partial charge in [-0.05, 0) is 24.1 Å². The minimum Gasteiger partial charge on any atom is -0.395 e. The maximum Gasteiger partial charge on any atom is 0.343 e. The molecule has 7 nitrogen and oxygen atoms in total. The van der Waals surface area contributed by atoms with Gasteiger partial charge in [0.1, 0.15) is 5.03 Å². The molecular weight excluding hydrogens is 276 g/mol. The molecule has 0 saturated heterocycles. The normalized spacial score (nSPS) is 11.4. The highest BCUT2D eigenvalue weighted by molar-refractivity contribution is 7.99. The van der Waals surface area contributed by atoms with E-state index in [2.05, 4.69) is 29.1 Å². The van der Waals surface area contributed by atoms with Crippen molar-refractivity contribution >= 4 is 17.4 Å². The fourth-order valence-electron chi connectivity index (χ4n) is 1.98. The van der Waals surface area contributed by atoms with Crippen LogP contribution in [0.2, 0.25) is 0 Å². The number of hydrogen-bond donors (Lipinski definition) is 2. The summed E-state index contributed by atoms with van der Waals surface area (Å²) in [6, 6.07) is 0. The van der Waals surface area contributed by atoms with E-state index in [9.17, 15) is 4.79 Å². The molecule has 2 rings (SSSR count). The van der Waals surface area contributed by atoms with Crippen LogP contribution < -0.4 is 11.4 Å². The Hall–Kier alpha value is -1.70. The summed E-state index contributed by atoms with van der Waals surface area (Å²) in [4.78, 5) is 11.7. The van der Waals surface area contributed by atoms with Gasteiger partial charge in [-0.3, -0.25) is 9.25 Å². The molecule has 0 aliphatic heterocycles. The Morgan fingerprint density at radius 3 is 2.70 bits per heavy atom. The van der Waals surface area contributed by atoms with Gasteiger partial charge in [0.15, 0.2) is 5.16 Å². The van der Waals surface area contributed by atoms with E-state index < -0.39 is 0 Å². The number of aromatic nitrogens is 5. The molecule has 0 amide bonds. The highest BCUT2D eigenvalue weighted by atomic mass is 32.2. The van der Waals surface area contributed by atoms with Crippen molar-refractivity contribution < 1.29 is 0 Å². The van der Waals surface area contributed by atoms with Crippen LogP contribution in [0.25, 0.3) is 0 Å². The van der Waals surface area contributed by atoms with Crippen LogP contribution in [0.1, 0.15) is 38.8 Å². The Labute approximate surface area is 121 Å². The molecule has 2 aromatic heterocycles.